The van der Waals surface area contributed by atoms with Crippen molar-refractivity contribution in [3.05, 3.63) is 59.9 Å². The molecule has 1 aromatic heterocycles. The summed E-state index contributed by atoms with van der Waals surface area (Å²) in [7, 11) is 0. The van der Waals surface area contributed by atoms with Crippen LogP contribution in [0.4, 0.5) is 18.9 Å². The summed E-state index contributed by atoms with van der Waals surface area (Å²) in [6, 6.07) is 13.3. The molecular formula is C17H13ClF3N3O. The Balaban J connectivity index is 2.08. The average molecular weight is 368 g/mol. The summed E-state index contributed by atoms with van der Waals surface area (Å²) in [4.78, 5) is 15.1. The Bertz CT molecular complexity index is 907. The Hall–Kier alpha value is -2.54. The highest BCUT2D eigenvalue weighted by Gasteiger charge is 2.37. The predicted octanol–water partition coefficient (Wildman–Crippen LogP) is 4.28. The number of amides is 1. The van der Waals surface area contributed by atoms with Crippen molar-refractivity contribution in [2.75, 3.05) is 11.2 Å². The van der Waals surface area contributed by atoms with E-state index in [9.17, 15) is 18.0 Å². The number of fused-ring (bicyclic) bond motifs is 1. The van der Waals surface area contributed by atoms with Crippen molar-refractivity contribution in [3.63, 3.8) is 0 Å². The zero-order valence-corrected chi connectivity index (χ0v) is 13.6. The van der Waals surface area contributed by atoms with Gasteiger partial charge >= 0.3 is 6.18 Å². The highest BCUT2D eigenvalue weighted by Crippen LogP contribution is 2.33. The molecule has 0 unspecified atom stereocenters. The summed E-state index contributed by atoms with van der Waals surface area (Å²) >= 11 is 5.42. The molecule has 8 heteroatoms. The number of aromatic nitrogens is 2. The zero-order chi connectivity index (χ0) is 18.0. The highest BCUT2D eigenvalue weighted by molar-refractivity contribution is 6.29. The van der Waals surface area contributed by atoms with E-state index in [1.165, 1.54) is 18.2 Å². The van der Waals surface area contributed by atoms with Gasteiger partial charge in [-0.3, -0.25) is 4.79 Å². The van der Waals surface area contributed by atoms with Crippen molar-refractivity contribution >= 4 is 34.2 Å². The largest absolute Gasteiger partial charge is 0.449 e. The fraction of sp³-hybridized carbons (Fsp3) is 0.176. The first kappa shape index (κ1) is 17.3. The standard InChI is InChI=1S/C17H13ClF3N3O/c18-9-15(25)22-12-6-7-14-13(8-12)23-16(17(19,20)21)24(14)10-11-4-2-1-3-5-11/h1-8H,9-10H2,(H,22,25). The fourth-order valence-electron chi connectivity index (χ4n) is 2.54. The van der Waals surface area contributed by atoms with E-state index in [-0.39, 0.29) is 17.9 Å². The molecule has 1 N–H and O–H groups in total. The minimum absolute atomic E-state index is 0.0412. The molecule has 0 saturated heterocycles. The molecule has 0 aliphatic rings. The van der Waals surface area contributed by atoms with Gasteiger partial charge in [0, 0.05) is 12.2 Å². The average Bonchev–Trinajstić information content (AvgIpc) is 2.94. The Morgan fingerprint density at radius 1 is 1.16 bits per heavy atom. The normalized spacial score (nSPS) is 11.7. The Kier molecular flexibility index (Phi) is 4.67. The van der Waals surface area contributed by atoms with E-state index in [2.05, 4.69) is 10.3 Å². The van der Waals surface area contributed by atoms with Crippen LogP contribution in [0.2, 0.25) is 0 Å². The maximum atomic E-state index is 13.4. The molecule has 0 fully saturated rings. The van der Waals surface area contributed by atoms with Crippen LogP contribution in [0.3, 0.4) is 0 Å². The molecule has 0 aliphatic carbocycles. The van der Waals surface area contributed by atoms with Gasteiger partial charge in [0.25, 0.3) is 0 Å². The molecule has 0 bridgehead atoms. The second kappa shape index (κ2) is 6.76. The molecule has 0 aliphatic heterocycles. The van der Waals surface area contributed by atoms with E-state index in [0.29, 0.717) is 11.2 Å². The van der Waals surface area contributed by atoms with Crippen LogP contribution in [0, 0.1) is 0 Å². The zero-order valence-electron chi connectivity index (χ0n) is 12.8. The van der Waals surface area contributed by atoms with Gasteiger partial charge in [0.15, 0.2) is 0 Å². The Morgan fingerprint density at radius 3 is 2.52 bits per heavy atom. The number of imidazole rings is 1. The number of hydrogen-bond donors (Lipinski definition) is 1. The number of halogens is 4. The van der Waals surface area contributed by atoms with Gasteiger partial charge in [0.1, 0.15) is 5.88 Å². The van der Waals surface area contributed by atoms with Gasteiger partial charge in [-0.1, -0.05) is 30.3 Å². The molecule has 3 aromatic rings. The number of carbonyl (C=O) groups is 1. The van der Waals surface area contributed by atoms with Crippen molar-refractivity contribution in [2.24, 2.45) is 0 Å². The van der Waals surface area contributed by atoms with E-state index >= 15 is 0 Å². The number of benzene rings is 2. The third-order valence-electron chi connectivity index (χ3n) is 3.59. The molecule has 0 saturated carbocycles. The molecule has 3 rings (SSSR count). The lowest BCUT2D eigenvalue weighted by atomic mass is 10.2. The van der Waals surface area contributed by atoms with E-state index in [4.69, 9.17) is 11.6 Å². The molecule has 130 valence electrons. The third kappa shape index (κ3) is 3.76. The van der Waals surface area contributed by atoms with E-state index < -0.39 is 17.9 Å². The molecule has 2 aromatic carbocycles. The topological polar surface area (TPSA) is 46.9 Å². The number of anilines is 1. The Labute approximate surface area is 146 Å². The number of alkyl halides is 4. The van der Waals surface area contributed by atoms with E-state index in [0.717, 1.165) is 10.1 Å². The molecule has 0 spiro atoms. The second-order valence-corrected chi connectivity index (χ2v) is 5.66. The van der Waals surface area contributed by atoms with Crippen LogP contribution in [-0.4, -0.2) is 21.3 Å². The Morgan fingerprint density at radius 2 is 1.88 bits per heavy atom. The second-order valence-electron chi connectivity index (χ2n) is 5.39. The monoisotopic (exact) mass is 367 g/mol. The van der Waals surface area contributed by atoms with Crippen LogP contribution in [0.1, 0.15) is 11.4 Å². The van der Waals surface area contributed by atoms with Gasteiger partial charge in [-0.25, -0.2) is 4.98 Å². The maximum Gasteiger partial charge on any atom is 0.449 e. The van der Waals surface area contributed by atoms with Crippen molar-refractivity contribution in [1.82, 2.24) is 9.55 Å². The first-order chi connectivity index (χ1) is 11.9. The molecular weight excluding hydrogens is 355 g/mol. The molecule has 4 nitrogen and oxygen atoms in total. The van der Waals surface area contributed by atoms with Crippen LogP contribution in [0.25, 0.3) is 11.0 Å². The molecule has 0 atom stereocenters. The number of hydrogen-bond acceptors (Lipinski definition) is 2. The molecule has 1 heterocycles. The SMILES string of the molecule is O=C(CCl)Nc1ccc2c(c1)nc(C(F)(F)F)n2Cc1ccccc1. The van der Waals surface area contributed by atoms with Crippen LogP contribution in [0.5, 0.6) is 0 Å². The van der Waals surface area contributed by atoms with Crippen molar-refractivity contribution in [3.8, 4) is 0 Å². The predicted molar refractivity (Wildman–Crippen MR) is 89.6 cm³/mol. The number of carbonyl (C=O) groups excluding carboxylic acids is 1. The first-order valence-corrected chi connectivity index (χ1v) is 7.89. The summed E-state index contributed by atoms with van der Waals surface area (Å²) in [5, 5.41) is 2.50. The number of nitrogens with one attached hydrogen (secondary N) is 1. The number of nitrogens with zero attached hydrogens (tertiary/aromatic N) is 2. The number of rotatable bonds is 4. The van der Waals surface area contributed by atoms with Crippen molar-refractivity contribution in [1.29, 1.82) is 0 Å². The van der Waals surface area contributed by atoms with Gasteiger partial charge in [0.05, 0.1) is 11.0 Å². The van der Waals surface area contributed by atoms with Gasteiger partial charge in [-0.15, -0.1) is 11.6 Å². The van der Waals surface area contributed by atoms with E-state index in [1.807, 2.05) is 0 Å². The van der Waals surface area contributed by atoms with Crippen molar-refractivity contribution in [2.45, 2.75) is 12.7 Å². The summed E-state index contributed by atoms with van der Waals surface area (Å²) in [5.41, 5.74) is 1.55. The fourth-order valence-corrected chi connectivity index (χ4v) is 2.61. The first-order valence-electron chi connectivity index (χ1n) is 7.35. The third-order valence-corrected chi connectivity index (χ3v) is 3.83. The van der Waals surface area contributed by atoms with Gasteiger partial charge in [-0.2, -0.15) is 13.2 Å². The highest BCUT2D eigenvalue weighted by atomic mass is 35.5. The van der Waals surface area contributed by atoms with Crippen LogP contribution < -0.4 is 5.32 Å². The molecule has 25 heavy (non-hydrogen) atoms. The van der Waals surface area contributed by atoms with Gasteiger partial charge in [0.2, 0.25) is 11.7 Å². The summed E-state index contributed by atoms with van der Waals surface area (Å²) in [6.45, 7) is 0.0412. The summed E-state index contributed by atoms with van der Waals surface area (Å²) in [6.07, 6.45) is -4.59. The molecule has 1 amide bonds. The quantitative estimate of drug-likeness (QED) is 0.700. The smallest absolute Gasteiger partial charge is 0.325 e. The van der Waals surface area contributed by atoms with Crippen LogP contribution in [0.15, 0.2) is 48.5 Å². The van der Waals surface area contributed by atoms with Crippen molar-refractivity contribution < 1.29 is 18.0 Å². The minimum Gasteiger partial charge on any atom is -0.325 e. The van der Waals surface area contributed by atoms with E-state index in [1.54, 1.807) is 30.3 Å². The molecule has 0 radical (unpaired) electrons. The lowest BCUT2D eigenvalue weighted by Gasteiger charge is -2.11. The minimum atomic E-state index is -4.59. The van der Waals surface area contributed by atoms with Crippen LogP contribution >= 0.6 is 11.6 Å². The summed E-state index contributed by atoms with van der Waals surface area (Å²) in [5.74, 6) is -1.66. The maximum absolute atomic E-state index is 13.4. The lowest BCUT2D eigenvalue weighted by molar-refractivity contribution is -0.146. The van der Waals surface area contributed by atoms with Gasteiger partial charge < -0.3 is 9.88 Å². The lowest BCUT2D eigenvalue weighted by Crippen LogP contribution is -2.15. The van der Waals surface area contributed by atoms with Crippen LogP contribution in [-0.2, 0) is 17.5 Å². The van der Waals surface area contributed by atoms with Gasteiger partial charge in [-0.05, 0) is 23.8 Å². The summed E-state index contributed by atoms with van der Waals surface area (Å²) < 4.78 is 41.3.